The standard InChI is InChI=1S/C24H38O4/c1-4-7-9-10-11-12-13-19-27-23(25)20-15-17-21(18-16-20)24(26)28-22(6-3)14-8-5-2/h15-18,22H,4-14,19H2,1-3H3. The third-order valence-corrected chi connectivity index (χ3v) is 4.95. The van der Waals surface area contributed by atoms with E-state index in [2.05, 4.69) is 13.8 Å². The van der Waals surface area contributed by atoms with Gasteiger partial charge in [-0.25, -0.2) is 9.59 Å². The molecule has 28 heavy (non-hydrogen) atoms. The van der Waals surface area contributed by atoms with Crippen LogP contribution in [0.15, 0.2) is 24.3 Å². The Balaban J connectivity index is 2.34. The van der Waals surface area contributed by atoms with E-state index in [1.807, 2.05) is 6.92 Å². The van der Waals surface area contributed by atoms with E-state index < -0.39 is 0 Å². The number of carbonyl (C=O) groups excluding carboxylic acids is 2. The topological polar surface area (TPSA) is 52.6 Å². The predicted octanol–water partition coefficient (Wildman–Crippen LogP) is 6.72. The van der Waals surface area contributed by atoms with Crippen molar-refractivity contribution in [3.8, 4) is 0 Å². The molecular weight excluding hydrogens is 352 g/mol. The van der Waals surface area contributed by atoms with Gasteiger partial charge in [0.25, 0.3) is 0 Å². The second-order valence-corrected chi connectivity index (χ2v) is 7.41. The molecule has 0 saturated heterocycles. The van der Waals surface area contributed by atoms with Crippen molar-refractivity contribution in [1.82, 2.24) is 0 Å². The van der Waals surface area contributed by atoms with Crippen LogP contribution in [0.5, 0.6) is 0 Å². The fourth-order valence-corrected chi connectivity index (χ4v) is 3.05. The lowest BCUT2D eigenvalue weighted by Crippen LogP contribution is -2.17. The van der Waals surface area contributed by atoms with Crippen molar-refractivity contribution in [2.45, 2.75) is 97.5 Å². The summed E-state index contributed by atoms with van der Waals surface area (Å²) in [4.78, 5) is 24.4. The average molecular weight is 391 g/mol. The first kappa shape index (κ1) is 24.2. The maximum absolute atomic E-state index is 12.3. The zero-order valence-electron chi connectivity index (χ0n) is 18.0. The quantitative estimate of drug-likeness (QED) is 0.246. The minimum Gasteiger partial charge on any atom is -0.462 e. The number of hydrogen-bond donors (Lipinski definition) is 0. The van der Waals surface area contributed by atoms with Crippen LogP contribution in [-0.4, -0.2) is 24.6 Å². The molecule has 0 radical (unpaired) electrons. The summed E-state index contributed by atoms with van der Waals surface area (Å²) >= 11 is 0. The Kier molecular flexibility index (Phi) is 13.1. The normalized spacial score (nSPS) is 11.8. The number of unbranched alkanes of at least 4 members (excludes halogenated alkanes) is 7. The lowest BCUT2D eigenvalue weighted by molar-refractivity contribution is 0.0267. The number of esters is 2. The van der Waals surface area contributed by atoms with E-state index in [9.17, 15) is 9.59 Å². The Morgan fingerprint density at radius 1 is 0.750 bits per heavy atom. The molecule has 1 aromatic carbocycles. The first-order valence-electron chi connectivity index (χ1n) is 11.1. The largest absolute Gasteiger partial charge is 0.462 e. The molecule has 158 valence electrons. The molecule has 0 heterocycles. The highest BCUT2D eigenvalue weighted by molar-refractivity contribution is 5.93. The summed E-state index contributed by atoms with van der Waals surface area (Å²) in [5.74, 6) is -0.661. The minimum absolute atomic E-state index is 0.0425. The van der Waals surface area contributed by atoms with E-state index in [0.717, 1.165) is 38.5 Å². The van der Waals surface area contributed by atoms with Crippen molar-refractivity contribution in [1.29, 1.82) is 0 Å². The van der Waals surface area contributed by atoms with E-state index in [1.165, 1.54) is 32.1 Å². The molecule has 0 spiro atoms. The zero-order valence-corrected chi connectivity index (χ0v) is 18.0. The van der Waals surface area contributed by atoms with E-state index in [-0.39, 0.29) is 18.0 Å². The molecule has 1 unspecified atom stereocenters. The Morgan fingerprint density at radius 3 is 1.86 bits per heavy atom. The molecule has 0 fully saturated rings. The highest BCUT2D eigenvalue weighted by Crippen LogP contribution is 2.14. The monoisotopic (exact) mass is 390 g/mol. The van der Waals surface area contributed by atoms with Crippen LogP contribution in [0.2, 0.25) is 0 Å². The third-order valence-electron chi connectivity index (χ3n) is 4.95. The predicted molar refractivity (Wildman–Crippen MR) is 114 cm³/mol. The highest BCUT2D eigenvalue weighted by atomic mass is 16.5. The van der Waals surface area contributed by atoms with Gasteiger partial charge in [0.1, 0.15) is 6.10 Å². The molecule has 0 saturated carbocycles. The van der Waals surface area contributed by atoms with Crippen LogP contribution < -0.4 is 0 Å². The number of rotatable bonds is 15. The first-order chi connectivity index (χ1) is 13.6. The average Bonchev–Trinajstić information content (AvgIpc) is 2.72. The highest BCUT2D eigenvalue weighted by Gasteiger charge is 2.15. The summed E-state index contributed by atoms with van der Waals surface area (Å²) < 4.78 is 10.9. The zero-order chi connectivity index (χ0) is 20.6. The van der Waals surface area contributed by atoms with Crippen molar-refractivity contribution in [2.24, 2.45) is 0 Å². The van der Waals surface area contributed by atoms with E-state index >= 15 is 0 Å². The van der Waals surface area contributed by atoms with Crippen LogP contribution in [0.25, 0.3) is 0 Å². The molecule has 0 amide bonds. The third kappa shape index (κ3) is 9.91. The van der Waals surface area contributed by atoms with Gasteiger partial charge >= 0.3 is 11.9 Å². The molecule has 1 rings (SSSR count). The molecule has 0 aliphatic heterocycles. The lowest BCUT2D eigenvalue weighted by Gasteiger charge is -2.15. The number of ether oxygens (including phenoxy) is 2. The molecule has 4 heteroatoms. The van der Waals surface area contributed by atoms with Crippen molar-refractivity contribution >= 4 is 11.9 Å². The summed E-state index contributed by atoms with van der Waals surface area (Å²) in [6.45, 7) is 6.81. The molecule has 0 aliphatic rings. The fourth-order valence-electron chi connectivity index (χ4n) is 3.05. The molecule has 0 aromatic heterocycles. The Bertz CT molecular complexity index is 550. The lowest BCUT2D eigenvalue weighted by atomic mass is 10.1. The summed E-state index contributed by atoms with van der Waals surface area (Å²) in [5, 5.41) is 0. The molecule has 0 aliphatic carbocycles. The van der Waals surface area contributed by atoms with Crippen molar-refractivity contribution in [3.63, 3.8) is 0 Å². The molecule has 4 nitrogen and oxygen atoms in total. The van der Waals surface area contributed by atoms with Crippen LogP contribution in [-0.2, 0) is 9.47 Å². The summed E-state index contributed by atoms with van der Waals surface area (Å²) in [6.07, 6.45) is 12.1. The summed E-state index contributed by atoms with van der Waals surface area (Å²) in [5.41, 5.74) is 0.941. The van der Waals surface area contributed by atoms with Gasteiger partial charge in [-0.05, 0) is 43.5 Å². The van der Waals surface area contributed by atoms with Crippen LogP contribution in [0.4, 0.5) is 0 Å². The Hall–Kier alpha value is -1.84. The summed E-state index contributed by atoms with van der Waals surface area (Å²) in [6, 6.07) is 6.55. The fraction of sp³-hybridized carbons (Fsp3) is 0.667. The Morgan fingerprint density at radius 2 is 1.29 bits per heavy atom. The molecular formula is C24H38O4. The number of benzene rings is 1. The smallest absolute Gasteiger partial charge is 0.338 e. The van der Waals surface area contributed by atoms with E-state index in [0.29, 0.717) is 17.7 Å². The maximum Gasteiger partial charge on any atom is 0.338 e. The Labute approximate surface area is 171 Å². The second kappa shape index (κ2) is 15.1. The second-order valence-electron chi connectivity index (χ2n) is 7.41. The number of carbonyl (C=O) groups is 2. The van der Waals surface area contributed by atoms with Gasteiger partial charge in [0.05, 0.1) is 17.7 Å². The van der Waals surface area contributed by atoms with Crippen LogP contribution in [0.1, 0.15) is 112 Å². The molecule has 0 bridgehead atoms. The summed E-state index contributed by atoms with van der Waals surface area (Å²) in [7, 11) is 0. The van der Waals surface area contributed by atoms with Crippen molar-refractivity contribution < 1.29 is 19.1 Å². The van der Waals surface area contributed by atoms with Gasteiger partial charge in [0, 0.05) is 0 Å². The van der Waals surface area contributed by atoms with Gasteiger partial charge in [0.15, 0.2) is 0 Å². The van der Waals surface area contributed by atoms with Gasteiger partial charge in [-0.3, -0.25) is 0 Å². The van der Waals surface area contributed by atoms with Crippen LogP contribution in [0.3, 0.4) is 0 Å². The molecule has 1 atom stereocenters. The van der Waals surface area contributed by atoms with Gasteiger partial charge in [-0.1, -0.05) is 72.1 Å². The van der Waals surface area contributed by atoms with Gasteiger partial charge in [-0.2, -0.15) is 0 Å². The van der Waals surface area contributed by atoms with Gasteiger partial charge in [-0.15, -0.1) is 0 Å². The maximum atomic E-state index is 12.3. The molecule has 1 aromatic rings. The van der Waals surface area contributed by atoms with E-state index in [1.54, 1.807) is 24.3 Å². The van der Waals surface area contributed by atoms with Crippen LogP contribution in [0, 0.1) is 0 Å². The van der Waals surface area contributed by atoms with Gasteiger partial charge in [0.2, 0.25) is 0 Å². The molecule has 0 N–H and O–H groups in total. The van der Waals surface area contributed by atoms with Crippen LogP contribution >= 0.6 is 0 Å². The SMILES string of the molecule is CCCCCCCCCOC(=O)c1ccc(C(=O)OC(CC)CCCC)cc1. The van der Waals surface area contributed by atoms with Crippen molar-refractivity contribution in [2.75, 3.05) is 6.61 Å². The minimum atomic E-state index is -0.333. The van der Waals surface area contributed by atoms with E-state index in [4.69, 9.17) is 9.47 Å². The first-order valence-corrected chi connectivity index (χ1v) is 11.1. The van der Waals surface area contributed by atoms with Crippen molar-refractivity contribution in [3.05, 3.63) is 35.4 Å². The number of hydrogen-bond acceptors (Lipinski definition) is 4. The van der Waals surface area contributed by atoms with Gasteiger partial charge < -0.3 is 9.47 Å².